The normalized spacial score (nSPS) is 17.2. The van der Waals surface area contributed by atoms with Gasteiger partial charge < -0.3 is 30.8 Å². The van der Waals surface area contributed by atoms with Gasteiger partial charge in [0.05, 0.1) is 12.9 Å². The molecule has 1 aliphatic carbocycles. The Bertz CT molecular complexity index is 679. The zero-order valence-electron chi connectivity index (χ0n) is 22.0. The Morgan fingerprint density at radius 1 is 1.26 bits per heavy atom. The Labute approximate surface area is 213 Å². The van der Waals surface area contributed by atoms with E-state index >= 15 is 0 Å². The second kappa shape index (κ2) is 20.8. The van der Waals surface area contributed by atoms with Crippen molar-refractivity contribution in [1.29, 1.82) is 0 Å². The predicted molar refractivity (Wildman–Crippen MR) is 147 cm³/mol. The van der Waals surface area contributed by atoms with Crippen LogP contribution in [-0.4, -0.2) is 82.6 Å². The van der Waals surface area contributed by atoms with Gasteiger partial charge in [0, 0.05) is 46.4 Å². The number of nitrogens with zero attached hydrogens (tertiary/aromatic N) is 3. The second-order valence-electron chi connectivity index (χ2n) is 8.90. The third-order valence-electron chi connectivity index (χ3n) is 5.96. The van der Waals surface area contributed by atoms with Crippen molar-refractivity contribution >= 4 is 12.6 Å². The predicted octanol–water partition coefficient (Wildman–Crippen LogP) is 3.02. The van der Waals surface area contributed by atoms with E-state index in [2.05, 4.69) is 44.2 Å². The van der Waals surface area contributed by atoms with Crippen molar-refractivity contribution in [3.63, 3.8) is 0 Å². The molecule has 2 fully saturated rings. The van der Waals surface area contributed by atoms with E-state index in [9.17, 15) is 4.79 Å². The zero-order valence-corrected chi connectivity index (χ0v) is 22.0. The summed E-state index contributed by atoms with van der Waals surface area (Å²) in [7, 11) is 3.56. The van der Waals surface area contributed by atoms with E-state index in [1.165, 1.54) is 50.8 Å². The Morgan fingerprint density at radius 3 is 2.60 bits per heavy atom. The van der Waals surface area contributed by atoms with E-state index in [4.69, 9.17) is 10.5 Å². The highest BCUT2D eigenvalue weighted by Crippen LogP contribution is 2.26. The Balaban J connectivity index is 0.000000762. The number of hydrogen-bond donors (Lipinski definition) is 3. The average Bonchev–Trinajstić information content (AvgIpc) is 3.34. The number of likely N-dealkylation sites (tertiary alicyclic amines) is 1. The van der Waals surface area contributed by atoms with Gasteiger partial charge in [0.15, 0.2) is 0 Å². The molecule has 0 aromatic heterocycles. The summed E-state index contributed by atoms with van der Waals surface area (Å²) in [5.41, 5.74) is 6.47. The highest BCUT2D eigenvalue weighted by Gasteiger charge is 2.16. The first-order valence-electron chi connectivity index (χ1n) is 12.9. The van der Waals surface area contributed by atoms with Crippen molar-refractivity contribution < 1.29 is 9.53 Å². The molecule has 2 rings (SSSR count). The molecule has 2 aliphatic rings. The van der Waals surface area contributed by atoms with Crippen molar-refractivity contribution in [2.45, 2.75) is 44.9 Å². The third-order valence-corrected chi connectivity index (χ3v) is 5.96. The Hall–Kier alpha value is -2.58. The first-order valence-corrected chi connectivity index (χ1v) is 12.9. The molecule has 0 aromatic rings. The summed E-state index contributed by atoms with van der Waals surface area (Å²) in [5, 5.41) is 5.51. The summed E-state index contributed by atoms with van der Waals surface area (Å²) in [4.78, 5) is 19.7. The molecule has 0 atom stereocenters. The molecule has 1 heterocycles. The summed E-state index contributed by atoms with van der Waals surface area (Å²) < 4.78 is 5.66. The standard InChI is InChI=1S/C23H37N3O2.C4H11N3/c1-2-9-22(12-8-16-25-13-3-4-14-25)18-26(15-5-6-17-27)20-24-21-28-19-23-10-7-11-23;1-6-3-4(5)7-2/h2,8-9,12,17,20,23H,1,3-7,10-11,13-16,18-19,21H2;3,6-7H,5H2,1-2H3/b12-8+,22-9+,24-20+;4-3+. The van der Waals surface area contributed by atoms with Gasteiger partial charge in [-0.3, -0.25) is 4.90 Å². The molecule has 35 heavy (non-hydrogen) atoms. The fourth-order valence-electron chi connectivity index (χ4n) is 3.73. The highest BCUT2D eigenvalue weighted by atomic mass is 16.5. The van der Waals surface area contributed by atoms with Gasteiger partial charge >= 0.3 is 0 Å². The molecule has 0 bridgehead atoms. The van der Waals surface area contributed by atoms with Crippen LogP contribution in [0.3, 0.4) is 0 Å². The molecule has 1 aliphatic heterocycles. The molecule has 1 saturated carbocycles. The molecule has 198 valence electrons. The van der Waals surface area contributed by atoms with Crippen molar-refractivity contribution in [2.24, 2.45) is 16.6 Å². The van der Waals surface area contributed by atoms with Crippen LogP contribution in [0.25, 0.3) is 0 Å². The average molecular weight is 489 g/mol. The van der Waals surface area contributed by atoms with E-state index in [0.717, 1.165) is 44.9 Å². The first-order chi connectivity index (χ1) is 17.1. The van der Waals surface area contributed by atoms with Crippen LogP contribution < -0.4 is 16.4 Å². The van der Waals surface area contributed by atoms with Crippen LogP contribution in [0.4, 0.5) is 0 Å². The smallest absolute Gasteiger partial charge is 0.139 e. The summed E-state index contributed by atoms with van der Waals surface area (Å²) >= 11 is 0. The number of nitrogens with two attached hydrogens (primary N) is 1. The number of carbonyl (C=O) groups excluding carboxylic acids is 1. The number of aliphatic imine (C=N–C) groups is 1. The lowest BCUT2D eigenvalue weighted by Gasteiger charge is -2.24. The Morgan fingerprint density at radius 2 is 2.03 bits per heavy atom. The molecular weight excluding hydrogens is 440 g/mol. The van der Waals surface area contributed by atoms with Crippen molar-refractivity contribution in [3.05, 3.63) is 48.5 Å². The molecule has 4 N–H and O–H groups in total. The second-order valence-corrected chi connectivity index (χ2v) is 8.90. The van der Waals surface area contributed by atoms with Crippen LogP contribution >= 0.6 is 0 Å². The van der Waals surface area contributed by atoms with Crippen LogP contribution in [0.2, 0.25) is 0 Å². The van der Waals surface area contributed by atoms with Crippen LogP contribution in [0.15, 0.2) is 53.5 Å². The topological polar surface area (TPSA) is 95.2 Å². The SMILES string of the molecule is C=C/C=C(\C=C\CN1CCCC1)CN(/C=N/COCC1CCC1)CCCC=O.CN/C=C(\N)NC. The number of nitrogens with one attached hydrogen (secondary N) is 2. The van der Waals surface area contributed by atoms with Gasteiger partial charge in [-0.05, 0) is 56.7 Å². The van der Waals surface area contributed by atoms with Gasteiger partial charge in [0.25, 0.3) is 0 Å². The lowest BCUT2D eigenvalue weighted by molar-refractivity contribution is -0.107. The van der Waals surface area contributed by atoms with Gasteiger partial charge in [0.2, 0.25) is 0 Å². The zero-order chi connectivity index (χ0) is 25.6. The van der Waals surface area contributed by atoms with Gasteiger partial charge in [-0.15, -0.1) is 0 Å². The van der Waals surface area contributed by atoms with E-state index in [0.29, 0.717) is 19.0 Å². The monoisotopic (exact) mass is 488 g/mol. The fraction of sp³-hybridized carbons (Fsp3) is 0.630. The highest BCUT2D eigenvalue weighted by molar-refractivity contribution is 5.56. The van der Waals surface area contributed by atoms with Crippen LogP contribution in [0.5, 0.6) is 0 Å². The summed E-state index contributed by atoms with van der Waals surface area (Å²) in [6.07, 6.45) is 20.8. The van der Waals surface area contributed by atoms with Gasteiger partial charge in [-0.25, -0.2) is 4.99 Å². The van der Waals surface area contributed by atoms with Gasteiger partial charge in [0.1, 0.15) is 18.8 Å². The summed E-state index contributed by atoms with van der Waals surface area (Å²) in [6.45, 7) is 10.1. The molecule has 0 aromatic carbocycles. The lowest BCUT2D eigenvalue weighted by Crippen LogP contribution is -2.26. The van der Waals surface area contributed by atoms with Crippen LogP contribution in [-0.2, 0) is 9.53 Å². The summed E-state index contributed by atoms with van der Waals surface area (Å²) in [6, 6.07) is 0. The maximum absolute atomic E-state index is 10.7. The van der Waals surface area contributed by atoms with Crippen LogP contribution in [0, 0.1) is 5.92 Å². The van der Waals surface area contributed by atoms with Crippen LogP contribution in [0.1, 0.15) is 44.9 Å². The molecule has 8 nitrogen and oxygen atoms in total. The fourth-order valence-corrected chi connectivity index (χ4v) is 3.73. The van der Waals surface area contributed by atoms with Gasteiger partial charge in [-0.1, -0.05) is 37.3 Å². The van der Waals surface area contributed by atoms with Crippen molar-refractivity contribution in [3.8, 4) is 0 Å². The van der Waals surface area contributed by atoms with Crippen molar-refractivity contribution in [1.82, 2.24) is 20.4 Å². The number of rotatable bonds is 17. The Kier molecular flexibility index (Phi) is 18.1. The molecule has 0 unspecified atom stereocenters. The minimum atomic E-state index is 0.409. The number of allylic oxidation sites excluding steroid dienone is 2. The van der Waals surface area contributed by atoms with E-state index in [1.54, 1.807) is 20.3 Å². The third kappa shape index (κ3) is 15.9. The van der Waals surface area contributed by atoms with Gasteiger partial charge in [-0.2, -0.15) is 0 Å². The molecule has 1 saturated heterocycles. The quantitative estimate of drug-likeness (QED) is 0.0952. The number of aldehydes is 1. The van der Waals surface area contributed by atoms with E-state index < -0.39 is 0 Å². The molecule has 0 spiro atoms. The largest absolute Gasteiger partial charge is 0.391 e. The molecule has 0 radical (unpaired) electrons. The van der Waals surface area contributed by atoms with Crippen molar-refractivity contribution in [2.75, 3.05) is 60.2 Å². The maximum atomic E-state index is 10.7. The number of carbonyl (C=O) groups is 1. The molecule has 8 heteroatoms. The molecular formula is C27H48N6O2. The first kappa shape index (κ1) is 30.5. The number of unbranched alkanes of at least 4 members (excludes halogenated alkanes) is 1. The maximum Gasteiger partial charge on any atom is 0.139 e. The molecule has 0 amide bonds. The summed E-state index contributed by atoms with van der Waals surface area (Å²) in [5.74, 6) is 1.38. The number of hydrogen-bond acceptors (Lipinski definition) is 7. The van der Waals surface area contributed by atoms with E-state index in [-0.39, 0.29) is 0 Å². The number of ether oxygens (including phenoxy) is 1. The minimum absolute atomic E-state index is 0.409. The van der Waals surface area contributed by atoms with E-state index in [1.807, 2.05) is 18.5 Å². The minimum Gasteiger partial charge on any atom is -0.391 e. The lowest BCUT2D eigenvalue weighted by atomic mass is 9.86.